The van der Waals surface area contributed by atoms with Crippen LogP contribution >= 0.6 is 11.3 Å². The minimum Gasteiger partial charge on any atom is -0.369 e. The number of primary amides is 1. The third-order valence-corrected chi connectivity index (χ3v) is 4.85. The molecule has 6 heteroatoms. The SMILES string of the molecule is C[C](C(N)=O)C(=O)Nc1nc(-c2ccccc2)c(Cc2ccccc2)s1. The molecule has 5 nitrogen and oxygen atoms in total. The van der Waals surface area contributed by atoms with Crippen LogP contribution in [0.15, 0.2) is 60.7 Å². The molecule has 0 aliphatic heterocycles. The second-order valence-corrected chi connectivity index (χ2v) is 6.85. The first-order valence-corrected chi connectivity index (χ1v) is 8.90. The average molecular weight is 364 g/mol. The molecule has 0 spiro atoms. The topological polar surface area (TPSA) is 85.1 Å². The van der Waals surface area contributed by atoms with Gasteiger partial charge in [-0.3, -0.25) is 9.59 Å². The van der Waals surface area contributed by atoms with Crippen LogP contribution in [0, 0.1) is 5.92 Å². The first-order valence-electron chi connectivity index (χ1n) is 8.08. The molecule has 0 atom stereocenters. The number of aromatic nitrogens is 1. The zero-order valence-corrected chi connectivity index (χ0v) is 15.0. The molecule has 2 aromatic carbocycles. The normalized spacial score (nSPS) is 10.7. The molecule has 0 aliphatic rings. The minimum atomic E-state index is -0.744. The number of carbonyl (C=O) groups is 2. The molecule has 3 aromatic rings. The summed E-state index contributed by atoms with van der Waals surface area (Å²) < 4.78 is 0. The van der Waals surface area contributed by atoms with E-state index in [4.69, 9.17) is 5.73 Å². The zero-order chi connectivity index (χ0) is 18.5. The van der Waals surface area contributed by atoms with Crippen LogP contribution in [0.25, 0.3) is 11.3 Å². The highest BCUT2D eigenvalue weighted by molar-refractivity contribution is 7.16. The summed E-state index contributed by atoms with van der Waals surface area (Å²) in [6.45, 7) is 1.40. The molecule has 26 heavy (non-hydrogen) atoms. The average Bonchev–Trinajstić information content (AvgIpc) is 3.04. The summed E-state index contributed by atoms with van der Waals surface area (Å²) >= 11 is 1.40. The Morgan fingerprint density at radius 2 is 1.65 bits per heavy atom. The maximum atomic E-state index is 12.1. The second kappa shape index (κ2) is 7.93. The van der Waals surface area contributed by atoms with Gasteiger partial charge in [0.25, 0.3) is 0 Å². The van der Waals surface area contributed by atoms with Crippen molar-refractivity contribution >= 4 is 28.3 Å². The fourth-order valence-corrected chi connectivity index (χ4v) is 3.44. The maximum absolute atomic E-state index is 12.1. The highest BCUT2D eigenvalue weighted by atomic mass is 32.1. The molecule has 3 N–H and O–H groups in total. The van der Waals surface area contributed by atoms with Crippen LogP contribution in [0.1, 0.15) is 17.4 Å². The summed E-state index contributed by atoms with van der Waals surface area (Å²) in [6.07, 6.45) is 0.705. The molecule has 3 rings (SSSR count). The lowest BCUT2D eigenvalue weighted by Crippen LogP contribution is -2.30. The number of amides is 2. The Kier molecular flexibility index (Phi) is 5.43. The molecule has 0 unspecified atom stereocenters. The summed E-state index contributed by atoms with van der Waals surface area (Å²) in [4.78, 5) is 28.9. The number of benzene rings is 2. The number of nitrogens with zero attached hydrogens (tertiary/aromatic N) is 1. The van der Waals surface area contributed by atoms with Crippen molar-refractivity contribution in [2.24, 2.45) is 5.73 Å². The van der Waals surface area contributed by atoms with E-state index in [1.54, 1.807) is 0 Å². The largest absolute Gasteiger partial charge is 0.369 e. The Labute approximate surface area is 155 Å². The van der Waals surface area contributed by atoms with Crippen LogP contribution in [-0.2, 0) is 16.0 Å². The summed E-state index contributed by atoms with van der Waals surface area (Å²) in [5.74, 6) is -1.32. The quantitative estimate of drug-likeness (QED) is 0.657. The van der Waals surface area contributed by atoms with Gasteiger partial charge in [0.15, 0.2) is 5.13 Å². The van der Waals surface area contributed by atoms with E-state index in [9.17, 15) is 9.59 Å². The number of hydrogen-bond donors (Lipinski definition) is 2. The lowest BCUT2D eigenvalue weighted by molar-refractivity contribution is -0.122. The molecule has 1 aromatic heterocycles. The molecule has 1 radical (unpaired) electrons. The molecule has 131 valence electrons. The van der Waals surface area contributed by atoms with E-state index in [1.165, 1.54) is 18.3 Å². The number of carbonyl (C=O) groups excluding carboxylic acids is 2. The summed E-state index contributed by atoms with van der Waals surface area (Å²) in [5.41, 5.74) is 8.13. The summed E-state index contributed by atoms with van der Waals surface area (Å²) in [6, 6.07) is 19.9. The first kappa shape index (κ1) is 17.8. The van der Waals surface area contributed by atoms with Gasteiger partial charge in [0, 0.05) is 16.9 Å². The predicted molar refractivity (Wildman–Crippen MR) is 104 cm³/mol. The number of thiazole rings is 1. The highest BCUT2D eigenvalue weighted by Crippen LogP contribution is 2.33. The molecule has 2 amide bonds. The van der Waals surface area contributed by atoms with Crippen molar-refractivity contribution in [1.29, 1.82) is 0 Å². The van der Waals surface area contributed by atoms with Crippen molar-refractivity contribution in [1.82, 2.24) is 4.98 Å². The first-order chi connectivity index (χ1) is 12.5. The fraction of sp³-hybridized carbons (Fsp3) is 0.100. The highest BCUT2D eigenvalue weighted by Gasteiger charge is 2.22. The molecule has 0 saturated heterocycles. The molecular formula is C20H18N3O2S. The van der Waals surface area contributed by atoms with E-state index < -0.39 is 11.8 Å². The van der Waals surface area contributed by atoms with Crippen LogP contribution in [0.5, 0.6) is 0 Å². The molecule has 0 fully saturated rings. The number of rotatable bonds is 6. The second-order valence-electron chi connectivity index (χ2n) is 5.76. The van der Waals surface area contributed by atoms with E-state index in [0.29, 0.717) is 11.6 Å². The summed E-state index contributed by atoms with van der Waals surface area (Å²) in [5, 5.41) is 3.11. The van der Waals surface area contributed by atoms with E-state index in [2.05, 4.69) is 22.4 Å². The fourth-order valence-electron chi connectivity index (χ4n) is 2.43. The van der Waals surface area contributed by atoms with Crippen molar-refractivity contribution in [2.45, 2.75) is 13.3 Å². The van der Waals surface area contributed by atoms with Gasteiger partial charge in [-0.25, -0.2) is 4.98 Å². The van der Waals surface area contributed by atoms with Gasteiger partial charge >= 0.3 is 0 Å². The third kappa shape index (κ3) is 4.15. The van der Waals surface area contributed by atoms with Crippen LogP contribution in [0.2, 0.25) is 0 Å². The van der Waals surface area contributed by atoms with Crippen LogP contribution in [0.3, 0.4) is 0 Å². The van der Waals surface area contributed by atoms with Crippen molar-refractivity contribution < 1.29 is 9.59 Å². The van der Waals surface area contributed by atoms with E-state index in [-0.39, 0.29) is 5.92 Å². The lowest BCUT2D eigenvalue weighted by Gasteiger charge is -2.04. The van der Waals surface area contributed by atoms with Gasteiger partial charge in [0.1, 0.15) is 5.92 Å². The number of anilines is 1. The van der Waals surface area contributed by atoms with Gasteiger partial charge in [-0.15, -0.1) is 11.3 Å². The maximum Gasteiger partial charge on any atom is 0.243 e. The molecule has 0 saturated carbocycles. The molecule has 0 aliphatic carbocycles. The Bertz CT molecular complexity index is 907. The van der Waals surface area contributed by atoms with Crippen molar-refractivity contribution in [3.05, 3.63) is 77.0 Å². The number of nitrogens with two attached hydrogens (primary N) is 1. The smallest absolute Gasteiger partial charge is 0.243 e. The number of nitrogens with one attached hydrogen (secondary N) is 1. The van der Waals surface area contributed by atoms with Crippen LogP contribution in [-0.4, -0.2) is 16.8 Å². The van der Waals surface area contributed by atoms with Crippen molar-refractivity contribution in [2.75, 3.05) is 5.32 Å². The predicted octanol–water partition coefficient (Wildman–Crippen LogP) is 3.42. The molecular weight excluding hydrogens is 346 g/mol. The van der Waals surface area contributed by atoms with Crippen LogP contribution in [0.4, 0.5) is 5.13 Å². The monoisotopic (exact) mass is 364 g/mol. The van der Waals surface area contributed by atoms with E-state index >= 15 is 0 Å². The number of hydrogen-bond acceptors (Lipinski definition) is 4. The van der Waals surface area contributed by atoms with Gasteiger partial charge in [-0.05, 0) is 12.5 Å². The standard InChI is InChI=1S/C20H18N3O2S/c1-13(18(21)24)19(25)23-20-22-17(15-10-6-3-7-11-15)16(26-20)12-14-8-4-2-5-9-14/h2-11H,12H2,1H3,(H2,21,24)(H,22,23,25). The van der Waals surface area contributed by atoms with Crippen molar-refractivity contribution in [3.8, 4) is 11.3 Å². The Balaban J connectivity index is 1.92. The van der Waals surface area contributed by atoms with Crippen LogP contribution < -0.4 is 11.1 Å². The molecule has 1 heterocycles. The summed E-state index contributed by atoms with van der Waals surface area (Å²) in [7, 11) is 0. The lowest BCUT2D eigenvalue weighted by atomic mass is 10.1. The van der Waals surface area contributed by atoms with E-state index in [1.807, 2.05) is 48.5 Å². The van der Waals surface area contributed by atoms with E-state index in [0.717, 1.165) is 21.7 Å². The van der Waals surface area contributed by atoms with Gasteiger partial charge < -0.3 is 11.1 Å². The Morgan fingerprint density at radius 1 is 1.04 bits per heavy atom. The zero-order valence-electron chi connectivity index (χ0n) is 14.2. The third-order valence-electron chi connectivity index (χ3n) is 3.88. The van der Waals surface area contributed by atoms with Crippen molar-refractivity contribution in [3.63, 3.8) is 0 Å². The van der Waals surface area contributed by atoms with Gasteiger partial charge in [0.05, 0.1) is 5.69 Å². The Morgan fingerprint density at radius 3 is 2.27 bits per heavy atom. The van der Waals surface area contributed by atoms with Gasteiger partial charge in [-0.2, -0.15) is 0 Å². The van der Waals surface area contributed by atoms with Gasteiger partial charge in [-0.1, -0.05) is 60.7 Å². The minimum absolute atomic E-state index is 0.0499. The Hall–Kier alpha value is -2.99. The molecule has 0 bridgehead atoms. The van der Waals surface area contributed by atoms with Gasteiger partial charge in [0.2, 0.25) is 11.8 Å².